The highest BCUT2D eigenvalue weighted by atomic mass is 15.2. The summed E-state index contributed by atoms with van der Waals surface area (Å²) >= 11 is 0. The summed E-state index contributed by atoms with van der Waals surface area (Å²) in [5.41, 5.74) is 14.1. The average molecular weight is 808 g/mol. The van der Waals surface area contributed by atoms with E-state index in [1.165, 1.54) is 44.2 Å². The van der Waals surface area contributed by atoms with Crippen LogP contribution in [-0.4, -0.2) is 19.5 Å². The van der Waals surface area contributed by atoms with Crippen molar-refractivity contribution in [1.29, 1.82) is 0 Å². The highest BCUT2D eigenvalue weighted by Crippen LogP contribution is 2.58. The van der Waals surface area contributed by atoms with Crippen LogP contribution in [0.4, 0.5) is 17.1 Å². The van der Waals surface area contributed by atoms with Gasteiger partial charge in [0.15, 0.2) is 11.6 Å². The van der Waals surface area contributed by atoms with Crippen LogP contribution in [0.15, 0.2) is 212 Å². The van der Waals surface area contributed by atoms with E-state index in [-0.39, 0.29) is 0 Å². The maximum Gasteiger partial charge on any atom is 0.238 e. The Morgan fingerprint density at radius 3 is 1.52 bits per heavy atom. The molecular weight excluding hydrogens is 767 g/mol. The van der Waals surface area contributed by atoms with Crippen LogP contribution in [0.1, 0.15) is 33.4 Å². The predicted molar refractivity (Wildman–Crippen MR) is 259 cm³/mol. The molecule has 1 aliphatic heterocycles. The Hall–Kier alpha value is -8.15. The zero-order valence-electron chi connectivity index (χ0n) is 34.9. The van der Waals surface area contributed by atoms with E-state index in [0.717, 1.165) is 50.0 Å². The first kappa shape index (κ1) is 36.7. The Balaban J connectivity index is 1.06. The summed E-state index contributed by atoms with van der Waals surface area (Å²) in [4.78, 5) is 18.0. The number of hydrogen-bond donors (Lipinski definition) is 0. The van der Waals surface area contributed by atoms with Crippen molar-refractivity contribution in [2.24, 2.45) is 0 Å². The Labute approximate surface area is 366 Å². The van der Waals surface area contributed by atoms with Crippen LogP contribution < -0.4 is 4.90 Å². The number of fused-ring (bicyclic) bond motifs is 6. The number of hydrogen-bond acceptors (Lipinski definition) is 4. The first-order chi connectivity index (χ1) is 31.0. The van der Waals surface area contributed by atoms with Gasteiger partial charge in [-0.1, -0.05) is 169 Å². The smallest absolute Gasteiger partial charge is 0.238 e. The summed E-state index contributed by atoms with van der Waals surface area (Å²) < 4.78 is 2.16. The second-order valence-corrected chi connectivity index (χ2v) is 16.6. The summed E-state index contributed by atoms with van der Waals surface area (Å²) in [7, 11) is 0. The van der Waals surface area contributed by atoms with E-state index in [4.69, 9.17) is 15.0 Å². The van der Waals surface area contributed by atoms with Crippen LogP contribution in [0.25, 0.3) is 61.3 Å². The molecule has 63 heavy (non-hydrogen) atoms. The topological polar surface area (TPSA) is 46.8 Å². The minimum absolute atomic E-state index is 0.578. The van der Waals surface area contributed by atoms with E-state index >= 15 is 0 Å². The second-order valence-electron chi connectivity index (χ2n) is 16.6. The van der Waals surface area contributed by atoms with Gasteiger partial charge in [0.25, 0.3) is 0 Å². The molecule has 0 atom stereocenters. The standard InChI is InChI=1S/C58H41N5/c1-38-24-30-44(31-25-38)58(45-32-26-39(2)27-33-45)49-20-10-13-23-53(49)62(54-37-43-17-7-6-16-42(43)36-50(54)58)46-34-28-41(29-35-46)56-59-55(40-14-4-3-5-15-40)60-57(61-56)63-51-21-11-8-18-47(51)48-19-9-12-22-52(48)63/h3-37H,1-2H3. The molecule has 0 N–H and O–H groups in total. The molecule has 9 aromatic carbocycles. The number of anilines is 3. The lowest BCUT2D eigenvalue weighted by molar-refractivity contribution is 0.732. The van der Waals surface area contributed by atoms with Crippen LogP contribution in [0.5, 0.6) is 0 Å². The van der Waals surface area contributed by atoms with Crippen LogP contribution in [0.3, 0.4) is 0 Å². The molecule has 11 aromatic rings. The second kappa shape index (κ2) is 14.5. The van der Waals surface area contributed by atoms with Gasteiger partial charge in [-0.3, -0.25) is 4.57 Å². The number of benzene rings is 9. The zero-order chi connectivity index (χ0) is 42.1. The minimum Gasteiger partial charge on any atom is -0.310 e. The molecule has 298 valence electrons. The lowest BCUT2D eigenvalue weighted by Crippen LogP contribution is -2.37. The van der Waals surface area contributed by atoms with Gasteiger partial charge < -0.3 is 4.90 Å². The van der Waals surface area contributed by atoms with Crippen LogP contribution in [-0.2, 0) is 5.41 Å². The van der Waals surface area contributed by atoms with Crippen molar-refractivity contribution in [1.82, 2.24) is 19.5 Å². The Morgan fingerprint density at radius 1 is 0.397 bits per heavy atom. The van der Waals surface area contributed by atoms with E-state index in [1.54, 1.807) is 0 Å². The molecule has 0 bridgehead atoms. The lowest BCUT2D eigenvalue weighted by atomic mass is 9.62. The van der Waals surface area contributed by atoms with Gasteiger partial charge in [0.1, 0.15) is 0 Å². The largest absolute Gasteiger partial charge is 0.310 e. The number of rotatable bonds is 6. The molecule has 1 aliphatic rings. The predicted octanol–water partition coefficient (Wildman–Crippen LogP) is 14.2. The third-order valence-electron chi connectivity index (χ3n) is 12.8. The van der Waals surface area contributed by atoms with Gasteiger partial charge in [0.05, 0.1) is 27.8 Å². The third kappa shape index (κ3) is 5.81. The van der Waals surface area contributed by atoms with E-state index < -0.39 is 5.41 Å². The van der Waals surface area contributed by atoms with Crippen molar-refractivity contribution in [2.75, 3.05) is 4.90 Å². The summed E-state index contributed by atoms with van der Waals surface area (Å²) in [6.45, 7) is 4.32. The van der Waals surface area contributed by atoms with Crippen molar-refractivity contribution < 1.29 is 0 Å². The van der Waals surface area contributed by atoms with Crippen molar-refractivity contribution in [3.8, 4) is 28.7 Å². The van der Waals surface area contributed by atoms with E-state index in [0.29, 0.717) is 17.6 Å². The lowest BCUT2D eigenvalue weighted by Gasteiger charge is -2.46. The van der Waals surface area contributed by atoms with Crippen molar-refractivity contribution in [2.45, 2.75) is 19.3 Å². The van der Waals surface area contributed by atoms with Gasteiger partial charge in [-0.2, -0.15) is 9.97 Å². The first-order valence-electron chi connectivity index (χ1n) is 21.5. The van der Waals surface area contributed by atoms with Gasteiger partial charge in [-0.25, -0.2) is 4.98 Å². The minimum atomic E-state index is -0.588. The fourth-order valence-electron chi connectivity index (χ4n) is 9.86. The van der Waals surface area contributed by atoms with Crippen molar-refractivity contribution in [3.05, 3.63) is 246 Å². The van der Waals surface area contributed by atoms with Crippen molar-refractivity contribution >= 4 is 49.6 Å². The van der Waals surface area contributed by atoms with E-state index in [9.17, 15) is 0 Å². The Bertz CT molecular complexity index is 3420. The maximum atomic E-state index is 5.25. The van der Waals surface area contributed by atoms with Crippen molar-refractivity contribution in [3.63, 3.8) is 0 Å². The summed E-state index contributed by atoms with van der Waals surface area (Å²) in [5, 5.41) is 4.71. The molecule has 0 saturated heterocycles. The monoisotopic (exact) mass is 807 g/mol. The van der Waals surface area contributed by atoms with Gasteiger partial charge in [0.2, 0.25) is 5.95 Å². The normalized spacial score (nSPS) is 13.0. The molecule has 0 unspecified atom stereocenters. The van der Waals surface area contributed by atoms with E-state index in [1.807, 2.05) is 18.2 Å². The SMILES string of the molecule is Cc1ccc(C2(c3ccc(C)cc3)c3ccccc3N(c3ccc(-c4nc(-c5ccccc5)nc(-n5c6ccccc6c6ccccc65)n4)cc3)c3cc4ccccc4cc32)cc1. The van der Waals surface area contributed by atoms with Crippen LogP contribution >= 0.6 is 0 Å². The fraction of sp³-hybridized carbons (Fsp3) is 0.0517. The molecule has 0 radical (unpaired) electrons. The average Bonchev–Trinajstić information content (AvgIpc) is 3.68. The summed E-state index contributed by atoms with van der Waals surface area (Å²) in [6, 6.07) is 76.6. The van der Waals surface area contributed by atoms with Gasteiger partial charge >= 0.3 is 0 Å². The molecule has 0 amide bonds. The summed E-state index contributed by atoms with van der Waals surface area (Å²) in [6.07, 6.45) is 0. The van der Waals surface area contributed by atoms with Gasteiger partial charge in [-0.15, -0.1) is 0 Å². The molecular formula is C58H41N5. The molecule has 0 spiro atoms. The molecule has 0 aliphatic carbocycles. The molecule has 2 aromatic heterocycles. The first-order valence-corrected chi connectivity index (χ1v) is 21.5. The third-order valence-corrected chi connectivity index (χ3v) is 12.8. The van der Waals surface area contributed by atoms with Crippen LogP contribution in [0.2, 0.25) is 0 Å². The number of nitrogens with zero attached hydrogens (tertiary/aromatic N) is 5. The number of para-hydroxylation sites is 3. The number of aromatic nitrogens is 4. The Kier molecular flexibility index (Phi) is 8.44. The fourth-order valence-corrected chi connectivity index (χ4v) is 9.86. The van der Waals surface area contributed by atoms with Gasteiger partial charge in [0, 0.05) is 27.6 Å². The van der Waals surface area contributed by atoms with Gasteiger partial charge in [-0.05, 0) is 101 Å². The quantitative estimate of drug-likeness (QED) is 0.168. The Morgan fingerprint density at radius 2 is 0.905 bits per heavy atom. The molecule has 3 heterocycles. The summed E-state index contributed by atoms with van der Waals surface area (Å²) in [5.74, 6) is 1.81. The molecule has 0 saturated carbocycles. The molecule has 5 heteroatoms. The molecule has 12 rings (SSSR count). The van der Waals surface area contributed by atoms with E-state index in [2.05, 4.69) is 217 Å². The highest BCUT2D eigenvalue weighted by Gasteiger charge is 2.46. The molecule has 0 fully saturated rings. The zero-order valence-corrected chi connectivity index (χ0v) is 34.9. The molecule has 5 nitrogen and oxygen atoms in total. The maximum absolute atomic E-state index is 5.25. The van der Waals surface area contributed by atoms with Crippen LogP contribution in [0, 0.1) is 13.8 Å². The number of aryl methyl sites for hydroxylation is 2. The highest BCUT2D eigenvalue weighted by molar-refractivity contribution is 6.09.